The minimum atomic E-state index is -0.210. The van der Waals surface area contributed by atoms with Crippen LogP contribution < -0.4 is 5.43 Å². The number of hydrogen-bond acceptors (Lipinski definition) is 4. The van der Waals surface area contributed by atoms with E-state index in [0.717, 1.165) is 5.69 Å². The van der Waals surface area contributed by atoms with Crippen molar-refractivity contribution < 1.29 is 4.79 Å². The lowest BCUT2D eigenvalue weighted by Crippen LogP contribution is -2.30. The van der Waals surface area contributed by atoms with Gasteiger partial charge in [-0.2, -0.15) is 5.10 Å². The number of rotatable bonds is 2. The molecule has 2 heterocycles. The van der Waals surface area contributed by atoms with E-state index >= 15 is 0 Å². The van der Waals surface area contributed by atoms with Gasteiger partial charge < -0.3 is 0 Å². The van der Waals surface area contributed by atoms with E-state index in [4.69, 9.17) is 0 Å². The topological polar surface area (TPSA) is 54.4 Å². The average Bonchev–Trinajstić information content (AvgIpc) is 2.70. The SMILES string of the molecule is Cc1ncccc1C(=O)[C@H]1CC=NN1. The van der Waals surface area contributed by atoms with Crippen molar-refractivity contribution in [3.8, 4) is 0 Å². The Morgan fingerprint density at radius 3 is 3.14 bits per heavy atom. The predicted molar refractivity (Wildman–Crippen MR) is 53.3 cm³/mol. The van der Waals surface area contributed by atoms with E-state index < -0.39 is 0 Å². The summed E-state index contributed by atoms with van der Waals surface area (Å²) in [6, 6.07) is 3.36. The number of nitrogens with one attached hydrogen (secondary N) is 1. The molecule has 1 atom stereocenters. The van der Waals surface area contributed by atoms with Crippen LogP contribution in [-0.2, 0) is 0 Å². The fourth-order valence-corrected chi connectivity index (χ4v) is 1.45. The second-order valence-electron chi connectivity index (χ2n) is 3.23. The smallest absolute Gasteiger partial charge is 0.188 e. The van der Waals surface area contributed by atoms with Gasteiger partial charge in [0.2, 0.25) is 0 Å². The first-order valence-electron chi connectivity index (χ1n) is 4.52. The van der Waals surface area contributed by atoms with Crippen LogP contribution in [0.1, 0.15) is 22.5 Å². The van der Waals surface area contributed by atoms with Gasteiger partial charge >= 0.3 is 0 Å². The van der Waals surface area contributed by atoms with E-state index in [2.05, 4.69) is 15.5 Å². The van der Waals surface area contributed by atoms with Gasteiger partial charge in [0.25, 0.3) is 0 Å². The molecular formula is C10H11N3O. The molecule has 1 aliphatic heterocycles. The van der Waals surface area contributed by atoms with Crippen LogP contribution in [0.25, 0.3) is 0 Å². The number of hydrogen-bond donors (Lipinski definition) is 1. The molecule has 4 heteroatoms. The van der Waals surface area contributed by atoms with E-state index in [1.54, 1.807) is 24.5 Å². The summed E-state index contributed by atoms with van der Waals surface area (Å²) >= 11 is 0. The number of aromatic nitrogens is 1. The maximum Gasteiger partial charge on any atom is 0.188 e. The molecule has 2 rings (SSSR count). The average molecular weight is 189 g/mol. The van der Waals surface area contributed by atoms with Gasteiger partial charge in [-0.05, 0) is 19.1 Å². The van der Waals surface area contributed by atoms with Gasteiger partial charge in [-0.1, -0.05) is 0 Å². The van der Waals surface area contributed by atoms with Crippen molar-refractivity contribution in [1.29, 1.82) is 0 Å². The summed E-state index contributed by atoms with van der Waals surface area (Å²) in [6.45, 7) is 1.84. The van der Waals surface area contributed by atoms with Gasteiger partial charge in [0, 0.05) is 30.1 Å². The predicted octanol–water partition coefficient (Wildman–Crippen LogP) is 0.920. The third-order valence-corrected chi connectivity index (χ3v) is 2.25. The summed E-state index contributed by atoms with van der Waals surface area (Å²) in [5, 5.41) is 3.82. The first-order chi connectivity index (χ1) is 6.79. The van der Waals surface area contributed by atoms with Crippen molar-refractivity contribution in [2.24, 2.45) is 5.10 Å². The van der Waals surface area contributed by atoms with Crippen LogP contribution >= 0.6 is 0 Å². The highest BCUT2D eigenvalue weighted by Crippen LogP contribution is 2.10. The van der Waals surface area contributed by atoms with Crippen molar-refractivity contribution in [2.45, 2.75) is 19.4 Å². The van der Waals surface area contributed by atoms with Crippen LogP contribution in [0.15, 0.2) is 23.4 Å². The summed E-state index contributed by atoms with van der Waals surface area (Å²) in [5.74, 6) is 0.0631. The Balaban J connectivity index is 2.23. The first kappa shape index (κ1) is 8.87. The lowest BCUT2D eigenvalue weighted by molar-refractivity contribution is 0.0950. The van der Waals surface area contributed by atoms with Crippen molar-refractivity contribution in [1.82, 2.24) is 10.4 Å². The van der Waals surface area contributed by atoms with Crippen LogP contribution in [0.3, 0.4) is 0 Å². The second kappa shape index (κ2) is 3.57. The summed E-state index contributed by atoms with van der Waals surface area (Å²) in [5.41, 5.74) is 4.22. The number of carbonyl (C=O) groups excluding carboxylic acids is 1. The van der Waals surface area contributed by atoms with Crippen LogP contribution in [0, 0.1) is 6.92 Å². The molecule has 0 saturated heterocycles. The van der Waals surface area contributed by atoms with Crippen LogP contribution in [0.2, 0.25) is 0 Å². The van der Waals surface area contributed by atoms with Gasteiger partial charge in [0.05, 0.1) is 0 Å². The second-order valence-corrected chi connectivity index (χ2v) is 3.23. The van der Waals surface area contributed by atoms with Gasteiger partial charge in [0.1, 0.15) is 6.04 Å². The molecule has 0 bridgehead atoms. The first-order valence-corrected chi connectivity index (χ1v) is 4.52. The maximum absolute atomic E-state index is 11.9. The Morgan fingerprint density at radius 1 is 1.64 bits per heavy atom. The molecule has 1 N–H and O–H groups in total. The van der Waals surface area contributed by atoms with E-state index in [0.29, 0.717) is 12.0 Å². The zero-order valence-corrected chi connectivity index (χ0v) is 7.90. The summed E-state index contributed by atoms with van der Waals surface area (Å²) in [7, 11) is 0. The summed E-state index contributed by atoms with van der Waals surface area (Å²) < 4.78 is 0. The van der Waals surface area contributed by atoms with Crippen molar-refractivity contribution in [3.63, 3.8) is 0 Å². The minimum Gasteiger partial charge on any atom is -0.299 e. The number of nitrogens with zero attached hydrogens (tertiary/aromatic N) is 2. The van der Waals surface area contributed by atoms with E-state index in [1.165, 1.54) is 0 Å². The van der Waals surface area contributed by atoms with Crippen LogP contribution in [0.4, 0.5) is 0 Å². The molecule has 0 radical (unpaired) electrons. The molecular weight excluding hydrogens is 178 g/mol. The van der Waals surface area contributed by atoms with Crippen molar-refractivity contribution in [3.05, 3.63) is 29.6 Å². The minimum absolute atomic E-state index is 0.0631. The molecule has 72 valence electrons. The summed E-state index contributed by atoms with van der Waals surface area (Å²) in [4.78, 5) is 16.0. The lowest BCUT2D eigenvalue weighted by Gasteiger charge is -2.09. The van der Waals surface area contributed by atoms with Gasteiger partial charge in [-0.3, -0.25) is 15.2 Å². The number of hydrazone groups is 1. The number of carbonyl (C=O) groups is 1. The van der Waals surface area contributed by atoms with Crippen molar-refractivity contribution in [2.75, 3.05) is 0 Å². The molecule has 0 unspecified atom stereocenters. The fourth-order valence-electron chi connectivity index (χ4n) is 1.45. The molecule has 1 aromatic heterocycles. The zero-order valence-electron chi connectivity index (χ0n) is 7.90. The largest absolute Gasteiger partial charge is 0.299 e. The Morgan fingerprint density at radius 2 is 2.50 bits per heavy atom. The summed E-state index contributed by atoms with van der Waals surface area (Å²) in [6.07, 6.45) is 4.06. The molecule has 0 aromatic carbocycles. The Hall–Kier alpha value is -1.71. The maximum atomic E-state index is 11.9. The Bertz CT molecular complexity index is 379. The molecule has 0 fully saturated rings. The molecule has 1 aromatic rings. The number of Topliss-reactive ketones (excluding diaryl/α,β-unsaturated/α-hetero) is 1. The third kappa shape index (κ3) is 1.51. The normalized spacial score (nSPS) is 19.4. The fraction of sp³-hybridized carbons (Fsp3) is 0.300. The highest BCUT2D eigenvalue weighted by Gasteiger charge is 2.22. The number of pyridine rings is 1. The molecule has 0 spiro atoms. The molecule has 0 saturated carbocycles. The highest BCUT2D eigenvalue weighted by atomic mass is 16.1. The van der Waals surface area contributed by atoms with Crippen LogP contribution in [-0.4, -0.2) is 23.0 Å². The van der Waals surface area contributed by atoms with Gasteiger partial charge in [-0.25, -0.2) is 0 Å². The lowest BCUT2D eigenvalue weighted by atomic mass is 10.0. The Labute approximate surface area is 82.0 Å². The molecule has 14 heavy (non-hydrogen) atoms. The molecule has 4 nitrogen and oxygen atoms in total. The number of ketones is 1. The van der Waals surface area contributed by atoms with Gasteiger partial charge in [0.15, 0.2) is 5.78 Å². The number of aryl methyl sites for hydroxylation is 1. The quantitative estimate of drug-likeness (QED) is 0.704. The van der Waals surface area contributed by atoms with E-state index in [9.17, 15) is 4.79 Å². The Kier molecular flexibility index (Phi) is 2.26. The van der Waals surface area contributed by atoms with E-state index in [-0.39, 0.29) is 11.8 Å². The van der Waals surface area contributed by atoms with E-state index in [1.807, 2.05) is 6.92 Å². The van der Waals surface area contributed by atoms with Crippen molar-refractivity contribution >= 4 is 12.0 Å². The monoisotopic (exact) mass is 189 g/mol. The standard InChI is InChI=1S/C10H11N3O/c1-7-8(3-2-5-11-7)10(14)9-4-6-12-13-9/h2-3,5-6,9,13H,4H2,1H3/t9-/m1/s1. The highest BCUT2D eigenvalue weighted by molar-refractivity contribution is 6.02. The third-order valence-electron chi connectivity index (χ3n) is 2.25. The zero-order chi connectivity index (χ0) is 9.97. The molecule has 0 amide bonds. The van der Waals surface area contributed by atoms with Gasteiger partial charge in [-0.15, -0.1) is 0 Å². The van der Waals surface area contributed by atoms with Crippen LogP contribution in [0.5, 0.6) is 0 Å². The molecule has 0 aliphatic carbocycles. The molecule has 1 aliphatic rings.